The number of carbonyl (C=O) groups excluding carboxylic acids is 1. The summed E-state index contributed by atoms with van der Waals surface area (Å²) in [5, 5.41) is 0. The molecule has 62 valence electrons. The van der Waals surface area contributed by atoms with Crippen molar-refractivity contribution in [3.05, 3.63) is 5.53 Å². The highest BCUT2D eigenvalue weighted by Crippen LogP contribution is 2.01. The van der Waals surface area contributed by atoms with E-state index in [2.05, 4.69) is 4.79 Å². The number of nitrogens with zero attached hydrogens (tertiary/aromatic N) is 2. The van der Waals surface area contributed by atoms with Gasteiger partial charge in [-0.2, -0.15) is 4.79 Å². The average Bonchev–Trinajstić information content (AvgIpc) is 1.86. The van der Waals surface area contributed by atoms with E-state index in [0.717, 1.165) is 6.21 Å². The molecule has 0 spiro atoms. The largest absolute Gasteiger partial charge is 0.361 e. The van der Waals surface area contributed by atoms with Crippen LogP contribution in [0.2, 0.25) is 0 Å². The highest BCUT2D eigenvalue weighted by Gasteiger charge is 2.15. The summed E-state index contributed by atoms with van der Waals surface area (Å²) in [6, 6.07) is -0.536. The molecule has 0 unspecified atom stereocenters. The van der Waals surface area contributed by atoms with Crippen LogP contribution in [0.4, 0.5) is 0 Å². The minimum Gasteiger partial charge on any atom is -0.361 e. The fourth-order valence-electron chi connectivity index (χ4n) is 0.777. The summed E-state index contributed by atoms with van der Waals surface area (Å²) in [7, 11) is 0. The molecule has 0 aliphatic rings. The van der Waals surface area contributed by atoms with Crippen molar-refractivity contribution in [3.8, 4) is 0 Å². The van der Waals surface area contributed by atoms with Gasteiger partial charge in [0.25, 0.3) is 5.78 Å². The lowest BCUT2D eigenvalue weighted by Crippen LogP contribution is -2.32. The van der Waals surface area contributed by atoms with E-state index in [1.54, 1.807) is 0 Å². The van der Waals surface area contributed by atoms with Crippen molar-refractivity contribution in [2.75, 3.05) is 0 Å². The topological polar surface area (TPSA) is 79.5 Å². The van der Waals surface area contributed by atoms with Crippen LogP contribution in [0.15, 0.2) is 0 Å². The van der Waals surface area contributed by atoms with Gasteiger partial charge in [0.2, 0.25) is 0 Å². The molecule has 0 amide bonds. The second kappa shape index (κ2) is 4.77. The second-order valence-electron chi connectivity index (χ2n) is 2.88. The molecule has 0 aromatic heterocycles. The van der Waals surface area contributed by atoms with Gasteiger partial charge in [0.15, 0.2) is 0 Å². The van der Waals surface area contributed by atoms with Gasteiger partial charge in [0.05, 0.1) is 6.04 Å². The average molecular weight is 155 g/mol. The molecule has 0 saturated heterocycles. The Bertz CT molecular complexity index is 182. The Hall–Kier alpha value is -0.990. The van der Waals surface area contributed by atoms with Crippen molar-refractivity contribution >= 4 is 12.0 Å². The summed E-state index contributed by atoms with van der Waals surface area (Å²) < 4.78 is 0. The molecular weight excluding hydrogens is 142 g/mol. The third kappa shape index (κ3) is 4.42. The van der Waals surface area contributed by atoms with Crippen LogP contribution in [0.5, 0.6) is 0 Å². The summed E-state index contributed by atoms with van der Waals surface area (Å²) in [5.74, 6) is 0.0437. The number of carbonyl (C=O) groups is 1. The van der Waals surface area contributed by atoms with E-state index in [9.17, 15) is 4.79 Å². The van der Waals surface area contributed by atoms with Crippen molar-refractivity contribution < 1.29 is 9.58 Å². The number of rotatable bonds is 4. The predicted molar refractivity (Wildman–Crippen MR) is 42.1 cm³/mol. The molecule has 4 nitrogen and oxygen atoms in total. The first-order valence-corrected chi connectivity index (χ1v) is 3.54. The van der Waals surface area contributed by atoms with Crippen LogP contribution in [-0.2, 0) is 4.79 Å². The van der Waals surface area contributed by atoms with E-state index in [0.29, 0.717) is 12.3 Å². The lowest BCUT2D eigenvalue weighted by atomic mass is 10.0. The molecule has 0 radical (unpaired) electrons. The zero-order valence-corrected chi connectivity index (χ0v) is 6.82. The Morgan fingerprint density at radius 1 is 1.73 bits per heavy atom. The molecule has 2 N–H and O–H groups in total. The van der Waals surface area contributed by atoms with E-state index in [4.69, 9.17) is 11.3 Å². The summed E-state index contributed by atoms with van der Waals surface area (Å²) in [6.45, 7) is 3.95. The van der Waals surface area contributed by atoms with E-state index in [1.165, 1.54) is 0 Å². The van der Waals surface area contributed by atoms with E-state index in [1.807, 2.05) is 13.8 Å². The minimum absolute atomic E-state index is 0.332. The second-order valence-corrected chi connectivity index (χ2v) is 2.88. The van der Waals surface area contributed by atoms with Gasteiger partial charge in [-0.25, -0.2) is 0 Å². The molecule has 11 heavy (non-hydrogen) atoms. The maximum atomic E-state index is 10.8. The van der Waals surface area contributed by atoms with E-state index < -0.39 is 6.04 Å². The Morgan fingerprint density at radius 3 is 2.64 bits per heavy atom. The normalized spacial score (nSPS) is 12.4. The third-order valence-electron chi connectivity index (χ3n) is 1.28. The molecule has 0 saturated carbocycles. The van der Waals surface area contributed by atoms with Crippen LogP contribution in [0, 0.1) is 5.92 Å². The first-order valence-electron chi connectivity index (χ1n) is 3.54. The van der Waals surface area contributed by atoms with Gasteiger partial charge in [-0.15, -0.1) is 0 Å². The summed E-state index contributed by atoms with van der Waals surface area (Å²) in [5.41, 5.74) is 13.5. The van der Waals surface area contributed by atoms with Gasteiger partial charge in [-0.05, 0) is 12.3 Å². The van der Waals surface area contributed by atoms with Crippen molar-refractivity contribution in [2.24, 2.45) is 11.7 Å². The van der Waals surface area contributed by atoms with Crippen LogP contribution in [0.3, 0.4) is 0 Å². The molecule has 0 bridgehead atoms. The van der Waals surface area contributed by atoms with Crippen molar-refractivity contribution in [3.63, 3.8) is 0 Å². The molecule has 0 aromatic rings. The molecular formula is C7H13N3O. The van der Waals surface area contributed by atoms with Gasteiger partial charge in [0, 0.05) is 0 Å². The lowest BCUT2D eigenvalue weighted by Gasteiger charge is -2.07. The van der Waals surface area contributed by atoms with Crippen molar-refractivity contribution in [2.45, 2.75) is 26.3 Å². The number of ketones is 1. The Kier molecular flexibility index (Phi) is 4.34. The molecule has 0 aliphatic heterocycles. The SMILES string of the molecule is CC(C)C[C@H](N)C(=O)C=[N+]=[N-]. The standard InChI is InChI=1S/C7H13N3O/c1-5(2)3-6(8)7(11)4-10-9/h4-6H,3,8H2,1-2H3/t6-/m0/s1. The fourth-order valence-corrected chi connectivity index (χ4v) is 0.777. The Morgan fingerprint density at radius 2 is 2.27 bits per heavy atom. The van der Waals surface area contributed by atoms with E-state index >= 15 is 0 Å². The fraction of sp³-hybridized carbons (Fsp3) is 0.714. The minimum atomic E-state index is -0.536. The zero-order valence-electron chi connectivity index (χ0n) is 6.82. The molecule has 0 aliphatic carbocycles. The molecule has 0 heterocycles. The highest BCUT2D eigenvalue weighted by atomic mass is 16.1. The van der Waals surface area contributed by atoms with Gasteiger partial charge in [-0.3, -0.25) is 4.79 Å². The first kappa shape index (κ1) is 10.0. The Balaban J connectivity index is 3.92. The van der Waals surface area contributed by atoms with Gasteiger partial charge in [0.1, 0.15) is 0 Å². The molecule has 1 atom stereocenters. The van der Waals surface area contributed by atoms with Crippen molar-refractivity contribution in [1.82, 2.24) is 0 Å². The van der Waals surface area contributed by atoms with Crippen LogP contribution in [0.1, 0.15) is 20.3 Å². The van der Waals surface area contributed by atoms with Gasteiger partial charge >= 0.3 is 6.21 Å². The van der Waals surface area contributed by atoms with Crippen LogP contribution in [0.25, 0.3) is 5.53 Å². The maximum absolute atomic E-state index is 10.8. The van der Waals surface area contributed by atoms with Crippen molar-refractivity contribution in [1.29, 1.82) is 0 Å². The lowest BCUT2D eigenvalue weighted by molar-refractivity contribution is -0.117. The molecule has 4 heteroatoms. The highest BCUT2D eigenvalue weighted by molar-refractivity contribution is 6.27. The maximum Gasteiger partial charge on any atom is 0.324 e. The molecule has 0 rings (SSSR count). The quantitative estimate of drug-likeness (QED) is 0.358. The first-order chi connectivity index (χ1) is 5.07. The van der Waals surface area contributed by atoms with Gasteiger partial charge in [-0.1, -0.05) is 13.8 Å². The summed E-state index contributed by atoms with van der Waals surface area (Å²) in [4.78, 5) is 13.5. The number of nitrogens with two attached hydrogens (primary N) is 1. The summed E-state index contributed by atoms with van der Waals surface area (Å²) in [6.07, 6.45) is 1.46. The monoisotopic (exact) mass is 155 g/mol. The number of hydrogen-bond donors (Lipinski definition) is 1. The van der Waals surface area contributed by atoms with Crippen LogP contribution < -0.4 is 5.73 Å². The van der Waals surface area contributed by atoms with Crippen LogP contribution in [-0.4, -0.2) is 22.8 Å². The smallest absolute Gasteiger partial charge is 0.324 e. The molecule has 0 fully saturated rings. The third-order valence-corrected chi connectivity index (χ3v) is 1.28. The molecule has 0 aromatic carbocycles. The number of Topliss-reactive ketones (excluding diaryl/α,β-unsaturated/α-hetero) is 1. The zero-order chi connectivity index (χ0) is 8.85. The van der Waals surface area contributed by atoms with Crippen LogP contribution >= 0.6 is 0 Å². The number of hydrogen-bond acceptors (Lipinski definition) is 2. The Labute approximate surface area is 66.0 Å². The summed E-state index contributed by atoms with van der Waals surface area (Å²) >= 11 is 0. The van der Waals surface area contributed by atoms with Gasteiger partial charge < -0.3 is 11.3 Å². The predicted octanol–water partition coefficient (Wildman–Crippen LogP) is 0.230. The van der Waals surface area contributed by atoms with E-state index in [-0.39, 0.29) is 5.78 Å².